The molecule has 2 aromatic carbocycles. The van der Waals surface area contributed by atoms with E-state index in [9.17, 15) is 23.6 Å². The fourth-order valence-electron chi connectivity index (χ4n) is 3.67. The summed E-state index contributed by atoms with van der Waals surface area (Å²) < 4.78 is 19.2. The molecule has 0 bridgehead atoms. The van der Waals surface area contributed by atoms with Crippen molar-refractivity contribution in [3.8, 4) is 0 Å². The minimum atomic E-state index is -1.03. The van der Waals surface area contributed by atoms with Crippen LogP contribution in [-0.4, -0.2) is 50.1 Å². The topological polar surface area (TPSA) is 108 Å². The SMILES string of the molecule is O=C(COC(=O)c1cc(N2CCNC2=O)ccc1F)Nc1ccccc1N1CCCC1=O. The first-order valence-electron chi connectivity index (χ1n) is 10.2. The number of urea groups is 1. The molecule has 0 saturated carbocycles. The van der Waals surface area contributed by atoms with E-state index in [2.05, 4.69) is 10.6 Å². The third-order valence-corrected chi connectivity index (χ3v) is 5.22. The average molecular weight is 440 g/mol. The van der Waals surface area contributed by atoms with Gasteiger partial charge in [0, 0.05) is 31.7 Å². The van der Waals surface area contributed by atoms with E-state index in [1.165, 1.54) is 17.0 Å². The number of nitrogens with one attached hydrogen (secondary N) is 2. The van der Waals surface area contributed by atoms with Crippen molar-refractivity contribution in [2.75, 3.05) is 41.4 Å². The number of carbonyl (C=O) groups excluding carboxylic acids is 4. The summed E-state index contributed by atoms with van der Waals surface area (Å²) >= 11 is 0. The third kappa shape index (κ3) is 4.39. The molecule has 0 spiro atoms. The fraction of sp³-hybridized carbons (Fsp3) is 0.273. The predicted octanol–water partition coefficient (Wildman–Crippen LogP) is 2.28. The lowest BCUT2D eigenvalue weighted by Crippen LogP contribution is -2.28. The van der Waals surface area contributed by atoms with Gasteiger partial charge in [0.25, 0.3) is 5.91 Å². The van der Waals surface area contributed by atoms with Crippen LogP contribution in [0.3, 0.4) is 0 Å². The molecule has 0 radical (unpaired) electrons. The van der Waals surface area contributed by atoms with Gasteiger partial charge in [0.1, 0.15) is 5.82 Å². The summed E-state index contributed by atoms with van der Waals surface area (Å²) in [5.74, 6) is -2.51. The normalized spacial score (nSPS) is 15.7. The molecular weight excluding hydrogens is 419 g/mol. The number of ether oxygens (including phenoxy) is 1. The second-order valence-corrected chi connectivity index (χ2v) is 7.34. The number of rotatable bonds is 6. The highest BCUT2D eigenvalue weighted by Gasteiger charge is 2.25. The molecule has 2 N–H and O–H groups in total. The van der Waals surface area contributed by atoms with Gasteiger partial charge in [-0.15, -0.1) is 0 Å². The maximum absolute atomic E-state index is 14.2. The van der Waals surface area contributed by atoms with Gasteiger partial charge in [0.15, 0.2) is 6.61 Å². The van der Waals surface area contributed by atoms with Gasteiger partial charge in [-0.1, -0.05) is 12.1 Å². The van der Waals surface area contributed by atoms with E-state index >= 15 is 0 Å². The Balaban J connectivity index is 1.40. The first kappa shape index (κ1) is 21.3. The molecule has 2 aliphatic rings. The van der Waals surface area contributed by atoms with E-state index in [-0.39, 0.29) is 17.5 Å². The zero-order valence-electron chi connectivity index (χ0n) is 17.1. The van der Waals surface area contributed by atoms with Crippen molar-refractivity contribution in [2.24, 2.45) is 0 Å². The molecule has 0 aliphatic carbocycles. The molecule has 4 amide bonds. The summed E-state index contributed by atoms with van der Waals surface area (Å²) in [6.07, 6.45) is 1.19. The second kappa shape index (κ2) is 9.04. The van der Waals surface area contributed by atoms with E-state index in [1.54, 1.807) is 29.2 Å². The number of anilines is 3. The molecule has 0 unspecified atom stereocenters. The monoisotopic (exact) mass is 440 g/mol. The highest BCUT2D eigenvalue weighted by Crippen LogP contribution is 2.29. The average Bonchev–Trinajstić information content (AvgIpc) is 3.41. The molecule has 4 rings (SSSR count). The van der Waals surface area contributed by atoms with Crippen molar-refractivity contribution in [3.05, 3.63) is 53.8 Å². The Kier molecular flexibility index (Phi) is 6.02. The summed E-state index contributed by atoms with van der Waals surface area (Å²) in [5.41, 5.74) is 0.953. The second-order valence-electron chi connectivity index (χ2n) is 7.34. The van der Waals surface area contributed by atoms with Crippen molar-refractivity contribution in [1.82, 2.24) is 5.32 Å². The zero-order chi connectivity index (χ0) is 22.7. The Labute approximate surface area is 183 Å². The smallest absolute Gasteiger partial charge is 0.341 e. The minimum absolute atomic E-state index is 0.0276. The van der Waals surface area contributed by atoms with Gasteiger partial charge < -0.3 is 20.3 Å². The van der Waals surface area contributed by atoms with Gasteiger partial charge in [-0.25, -0.2) is 14.0 Å². The predicted molar refractivity (Wildman–Crippen MR) is 114 cm³/mol. The lowest BCUT2D eigenvalue weighted by molar-refractivity contribution is -0.119. The van der Waals surface area contributed by atoms with Crippen LogP contribution in [0.5, 0.6) is 0 Å². The molecule has 166 valence electrons. The molecule has 2 heterocycles. The number of nitrogens with zero attached hydrogens (tertiary/aromatic N) is 2. The first-order chi connectivity index (χ1) is 15.4. The van der Waals surface area contributed by atoms with Gasteiger partial charge in [-0.2, -0.15) is 0 Å². The van der Waals surface area contributed by atoms with Crippen LogP contribution in [-0.2, 0) is 14.3 Å². The van der Waals surface area contributed by atoms with Crippen LogP contribution in [0.25, 0.3) is 0 Å². The van der Waals surface area contributed by atoms with E-state index in [1.807, 2.05) is 0 Å². The Morgan fingerprint density at radius 2 is 1.91 bits per heavy atom. The first-order valence-corrected chi connectivity index (χ1v) is 10.2. The van der Waals surface area contributed by atoms with Gasteiger partial charge in [-0.3, -0.25) is 14.5 Å². The molecule has 2 fully saturated rings. The summed E-state index contributed by atoms with van der Waals surface area (Å²) in [5, 5.41) is 5.25. The maximum atomic E-state index is 14.2. The highest BCUT2D eigenvalue weighted by molar-refractivity contribution is 6.03. The van der Waals surface area contributed by atoms with E-state index in [0.29, 0.717) is 43.1 Å². The van der Waals surface area contributed by atoms with Crippen LogP contribution in [0.15, 0.2) is 42.5 Å². The number of benzene rings is 2. The van der Waals surface area contributed by atoms with Crippen LogP contribution < -0.4 is 20.4 Å². The molecular formula is C22H21FN4O5. The van der Waals surface area contributed by atoms with Crippen LogP contribution in [0.4, 0.5) is 26.2 Å². The highest BCUT2D eigenvalue weighted by atomic mass is 19.1. The van der Waals surface area contributed by atoms with Crippen LogP contribution in [0.2, 0.25) is 0 Å². The molecule has 0 aromatic heterocycles. The van der Waals surface area contributed by atoms with Gasteiger partial charge in [-0.05, 0) is 36.8 Å². The Morgan fingerprint density at radius 3 is 2.62 bits per heavy atom. The molecule has 9 nitrogen and oxygen atoms in total. The summed E-state index contributed by atoms with van der Waals surface area (Å²) in [7, 11) is 0. The Bertz CT molecular complexity index is 1090. The van der Waals surface area contributed by atoms with Crippen molar-refractivity contribution in [3.63, 3.8) is 0 Å². The Hall–Kier alpha value is -3.95. The quantitative estimate of drug-likeness (QED) is 0.670. The lowest BCUT2D eigenvalue weighted by atomic mass is 10.1. The molecule has 10 heteroatoms. The number of amides is 4. The number of esters is 1. The fourth-order valence-corrected chi connectivity index (χ4v) is 3.67. The molecule has 32 heavy (non-hydrogen) atoms. The Morgan fingerprint density at radius 1 is 1.09 bits per heavy atom. The molecule has 2 aromatic rings. The van der Waals surface area contributed by atoms with Crippen LogP contribution in [0.1, 0.15) is 23.2 Å². The number of para-hydroxylation sites is 2. The molecule has 2 aliphatic heterocycles. The van der Waals surface area contributed by atoms with Crippen molar-refractivity contribution in [2.45, 2.75) is 12.8 Å². The number of hydrogen-bond donors (Lipinski definition) is 2. The largest absolute Gasteiger partial charge is 0.452 e. The van der Waals surface area contributed by atoms with Gasteiger partial charge >= 0.3 is 12.0 Å². The molecule has 0 atom stereocenters. The van der Waals surface area contributed by atoms with Gasteiger partial charge in [0.2, 0.25) is 5.91 Å². The van der Waals surface area contributed by atoms with Crippen LogP contribution >= 0.6 is 0 Å². The third-order valence-electron chi connectivity index (χ3n) is 5.22. The van der Waals surface area contributed by atoms with E-state index < -0.39 is 24.3 Å². The number of carbonyl (C=O) groups is 4. The van der Waals surface area contributed by atoms with Crippen LogP contribution in [0, 0.1) is 5.82 Å². The van der Waals surface area contributed by atoms with E-state index in [4.69, 9.17) is 4.74 Å². The lowest BCUT2D eigenvalue weighted by Gasteiger charge is -2.20. The van der Waals surface area contributed by atoms with Crippen molar-refractivity contribution >= 4 is 40.9 Å². The molecule has 2 saturated heterocycles. The zero-order valence-corrected chi connectivity index (χ0v) is 17.1. The minimum Gasteiger partial charge on any atom is -0.452 e. The van der Waals surface area contributed by atoms with Crippen molar-refractivity contribution < 1.29 is 28.3 Å². The standard InChI is InChI=1S/C22H21FN4O5/c23-16-8-7-14(26-11-9-24-22(26)31)12-15(16)21(30)32-13-19(28)25-17-4-1-2-5-18(17)27-10-3-6-20(27)29/h1-2,4-5,7-8,12H,3,6,9-11,13H2,(H,24,31)(H,25,28). The van der Waals surface area contributed by atoms with Crippen molar-refractivity contribution in [1.29, 1.82) is 0 Å². The summed E-state index contributed by atoms with van der Waals surface area (Å²) in [4.78, 5) is 51.5. The summed E-state index contributed by atoms with van der Waals surface area (Å²) in [6, 6.07) is 10.2. The number of hydrogen-bond acceptors (Lipinski definition) is 5. The van der Waals surface area contributed by atoms with Gasteiger partial charge in [0.05, 0.1) is 16.9 Å². The summed E-state index contributed by atoms with van der Waals surface area (Å²) in [6.45, 7) is 0.751. The number of halogens is 1. The maximum Gasteiger partial charge on any atom is 0.341 e. The van der Waals surface area contributed by atoms with E-state index in [0.717, 1.165) is 12.5 Å².